The van der Waals surface area contributed by atoms with Gasteiger partial charge in [0.15, 0.2) is 0 Å². The minimum absolute atomic E-state index is 0.390. The maximum Gasteiger partial charge on any atom is 0.431 e. The Bertz CT molecular complexity index is 1010. The summed E-state index contributed by atoms with van der Waals surface area (Å²) >= 11 is 0. The molecule has 0 saturated carbocycles. The van der Waals surface area contributed by atoms with Crippen molar-refractivity contribution in [2.45, 2.75) is 0 Å². The van der Waals surface area contributed by atoms with Gasteiger partial charge in [-0.3, -0.25) is 4.98 Å². The third-order valence-electron chi connectivity index (χ3n) is 4.01. The quantitative estimate of drug-likeness (QED) is 0.427. The van der Waals surface area contributed by atoms with Gasteiger partial charge in [-0.25, -0.2) is 4.98 Å². The van der Waals surface area contributed by atoms with E-state index in [0.29, 0.717) is 11.2 Å². The number of rotatable bonds is 4. The van der Waals surface area contributed by atoms with Crippen LogP contribution in [0, 0.1) is 5.95 Å². The maximum absolute atomic E-state index is 14.3. The highest BCUT2D eigenvalue weighted by Crippen LogP contribution is 2.23. The topological polar surface area (TPSA) is 35.0 Å². The largest absolute Gasteiger partial charge is 0.550 e. The molecule has 2 heterocycles. The van der Waals surface area contributed by atoms with Gasteiger partial charge in [-0.15, -0.1) is 0 Å². The summed E-state index contributed by atoms with van der Waals surface area (Å²) in [5.41, 5.74) is 1.99. The Morgan fingerprint density at radius 3 is 2.36 bits per heavy atom. The van der Waals surface area contributed by atoms with E-state index in [0.717, 1.165) is 16.4 Å². The van der Waals surface area contributed by atoms with E-state index in [4.69, 9.17) is 4.65 Å². The normalized spacial score (nSPS) is 10.6. The summed E-state index contributed by atoms with van der Waals surface area (Å²) in [6, 6.07) is 22.5. The van der Waals surface area contributed by atoms with Crippen molar-refractivity contribution in [1.29, 1.82) is 0 Å². The van der Waals surface area contributed by atoms with E-state index in [-0.39, 0.29) is 0 Å². The molecule has 4 aromatic rings. The van der Waals surface area contributed by atoms with Crippen LogP contribution in [0.25, 0.3) is 10.9 Å². The van der Waals surface area contributed by atoms with Crippen LogP contribution >= 0.6 is 0 Å². The van der Waals surface area contributed by atoms with Crippen molar-refractivity contribution in [2.75, 3.05) is 0 Å². The van der Waals surface area contributed by atoms with Crippen molar-refractivity contribution >= 4 is 28.7 Å². The molecule has 0 amide bonds. The molecular weight excluding hydrogens is 314 g/mol. The van der Waals surface area contributed by atoms with Crippen LogP contribution in [-0.2, 0) is 0 Å². The van der Waals surface area contributed by atoms with Gasteiger partial charge in [-0.1, -0.05) is 54.6 Å². The number of fused-ring (bicyclic) bond motifs is 1. The van der Waals surface area contributed by atoms with Crippen LogP contribution < -0.4 is 15.6 Å². The number of aromatic nitrogens is 2. The molecule has 0 aliphatic heterocycles. The number of pyridine rings is 2. The van der Waals surface area contributed by atoms with E-state index >= 15 is 0 Å². The molecule has 5 heteroatoms. The van der Waals surface area contributed by atoms with Gasteiger partial charge in [0.25, 0.3) is 0 Å². The van der Waals surface area contributed by atoms with Gasteiger partial charge < -0.3 is 4.65 Å². The standard InChI is InChI=1S/C20H14BFN2O/c22-20-17(11-6-14-24-20)21(16-9-2-1-3-10-16)25-18-12-4-7-15-8-5-13-23-19(15)18/h1-14H. The van der Waals surface area contributed by atoms with Crippen LogP contribution in [-0.4, -0.2) is 16.9 Å². The molecule has 0 aliphatic rings. The zero-order valence-electron chi connectivity index (χ0n) is 13.3. The number of halogens is 1. The molecule has 2 aromatic heterocycles. The van der Waals surface area contributed by atoms with Crippen LogP contribution in [0.4, 0.5) is 4.39 Å². The first kappa shape index (κ1) is 15.3. The van der Waals surface area contributed by atoms with Crippen molar-refractivity contribution in [1.82, 2.24) is 9.97 Å². The first-order valence-electron chi connectivity index (χ1n) is 7.99. The van der Waals surface area contributed by atoms with Crippen molar-refractivity contribution in [3.63, 3.8) is 0 Å². The molecular formula is C20H14BFN2O. The molecule has 0 bridgehead atoms. The number of benzene rings is 2. The third-order valence-corrected chi connectivity index (χ3v) is 4.01. The van der Waals surface area contributed by atoms with E-state index in [1.807, 2.05) is 60.7 Å². The predicted octanol–water partition coefficient (Wildman–Crippen LogP) is 2.95. The molecule has 0 radical (unpaired) electrons. The van der Waals surface area contributed by atoms with Crippen LogP contribution in [0.2, 0.25) is 0 Å². The lowest BCUT2D eigenvalue weighted by atomic mass is 9.55. The third kappa shape index (κ3) is 3.09. The summed E-state index contributed by atoms with van der Waals surface area (Å²) in [5.74, 6) is 0.0692. The number of hydrogen-bond acceptors (Lipinski definition) is 3. The van der Waals surface area contributed by atoms with Crippen LogP contribution in [0.1, 0.15) is 0 Å². The Morgan fingerprint density at radius 1 is 0.760 bits per heavy atom. The van der Waals surface area contributed by atoms with Gasteiger partial charge in [0.1, 0.15) is 11.3 Å². The van der Waals surface area contributed by atoms with Crippen molar-refractivity contribution in [2.24, 2.45) is 0 Å². The number of para-hydroxylation sites is 1. The molecule has 0 N–H and O–H groups in total. The second-order valence-electron chi connectivity index (χ2n) is 5.62. The van der Waals surface area contributed by atoms with Crippen molar-refractivity contribution in [3.05, 3.63) is 91.1 Å². The highest BCUT2D eigenvalue weighted by molar-refractivity contribution is 6.80. The van der Waals surface area contributed by atoms with Gasteiger partial charge in [-0.2, -0.15) is 4.39 Å². The Hall–Kier alpha value is -3.21. The fourth-order valence-electron chi connectivity index (χ4n) is 2.83. The van der Waals surface area contributed by atoms with Crippen molar-refractivity contribution < 1.29 is 9.04 Å². The van der Waals surface area contributed by atoms with E-state index in [9.17, 15) is 4.39 Å². The highest BCUT2D eigenvalue weighted by Gasteiger charge is 2.28. The number of hydrogen-bond donors (Lipinski definition) is 0. The van der Waals surface area contributed by atoms with Gasteiger partial charge >= 0.3 is 6.92 Å². The second kappa shape index (κ2) is 6.73. The molecule has 0 spiro atoms. The molecule has 0 aliphatic carbocycles. The molecule has 0 atom stereocenters. The summed E-state index contributed by atoms with van der Waals surface area (Å²) in [6.07, 6.45) is 3.15. The lowest BCUT2D eigenvalue weighted by molar-refractivity contribution is 0.573. The summed E-state index contributed by atoms with van der Waals surface area (Å²) in [5, 5.41) is 0.971. The average Bonchev–Trinajstić information content (AvgIpc) is 2.68. The van der Waals surface area contributed by atoms with Gasteiger partial charge in [0.2, 0.25) is 5.95 Å². The van der Waals surface area contributed by atoms with Crippen molar-refractivity contribution in [3.8, 4) is 5.75 Å². The first-order chi connectivity index (χ1) is 12.3. The molecule has 25 heavy (non-hydrogen) atoms. The average molecular weight is 328 g/mol. The Balaban J connectivity index is 1.83. The second-order valence-corrected chi connectivity index (χ2v) is 5.62. The SMILES string of the molecule is Fc1ncccc1B(Oc1cccc2cccnc12)c1ccccc1. The number of nitrogens with zero attached hydrogens (tertiary/aromatic N) is 2. The van der Waals surface area contributed by atoms with Crippen LogP contribution in [0.3, 0.4) is 0 Å². The van der Waals surface area contributed by atoms with Gasteiger partial charge in [0.05, 0.1) is 0 Å². The lowest BCUT2D eigenvalue weighted by Crippen LogP contribution is -2.49. The molecule has 0 unspecified atom stereocenters. The molecule has 4 rings (SSSR count). The first-order valence-corrected chi connectivity index (χ1v) is 7.99. The van der Waals surface area contributed by atoms with E-state index in [1.165, 1.54) is 6.20 Å². The summed E-state index contributed by atoms with van der Waals surface area (Å²) in [6.45, 7) is -0.609. The minimum Gasteiger partial charge on any atom is -0.550 e. The lowest BCUT2D eigenvalue weighted by Gasteiger charge is -2.17. The monoisotopic (exact) mass is 328 g/mol. The molecule has 0 saturated heterocycles. The summed E-state index contributed by atoms with van der Waals surface area (Å²) in [7, 11) is 0. The Morgan fingerprint density at radius 2 is 1.52 bits per heavy atom. The predicted molar refractivity (Wildman–Crippen MR) is 98.0 cm³/mol. The van der Waals surface area contributed by atoms with E-state index in [1.54, 1.807) is 18.3 Å². The Kier molecular flexibility index (Phi) is 4.13. The zero-order chi connectivity index (χ0) is 17.1. The fraction of sp³-hybridized carbons (Fsp3) is 0. The van der Waals surface area contributed by atoms with E-state index in [2.05, 4.69) is 9.97 Å². The summed E-state index contributed by atoms with van der Waals surface area (Å²) < 4.78 is 20.6. The Labute approximate surface area is 145 Å². The summed E-state index contributed by atoms with van der Waals surface area (Å²) in [4.78, 5) is 8.18. The molecule has 0 fully saturated rings. The molecule has 3 nitrogen and oxygen atoms in total. The highest BCUT2D eigenvalue weighted by atomic mass is 19.1. The van der Waals surface area contributed by atoms with Crippen LogP contribution in [0.5, 0.6) is 5.75 Å². The van der Waals surface area contributed by atoms with Crippen LogP contribution in [0.15, 0.2) is 85.2 Å². The fourth-order valence-corrected chi connectivity index (χ4v) is 2.83. The van der Waals surface area contributed by atoms with Gasteiger partial charge in [-0.05, 0) is 23.7 Å². The maximum atomic E-state index is 14.3. The minimum atomic E-state index is -0.609. The molecule has 120 valence electrons. The smallest absolute Gasteiger partial charge is 0.431 e. The van der Waals surface area contributed by atoms with E-state index < -0.39 is 12.9 Å². The van der Waals surface area contributed by atoms with Gasteiger partial charge in [0, 0.05) is 23.2 Å². The zero-order valence-corrected chi connectivity index (χ0v) is 13.3. The molecule has 2 aromatic carbocycles.